The molecule has 6 heteroatoms. The van der Waals surface area contributed by atoms with E-state index < -0.39 is 4.92 Å². The van der Waals surface area contributed by atoms with Gasteiger partial charge in [0.05, 0.1) is 9.40 Å². The van der Waals surface area contributed by atoms with Crippen molar-refractivity contribution in [3.05, 3.63) is 68.4 Å². The number of anilines is 1. The molecule has 0 heterocycles. The smallest absolute Gasteiger partial charge is 0.271 e. The zero-order chi connectivity index (χ0) is 13.8. The summed E-state index contributed by atoms with van der Waals surface area (Å²) in [4.78, 5) is 10.2. The Hall–Kier alpha value is -1.95. The average molecular weight is 325 g/mol. The van der Waals surface area contributed by atoms with Crippen LogP contribution in [0.5, 0.6) is 0 Å². The van der Waals surface area contributed by atoms with E-state index in [1.54, 1.807) is 24.3 Å². The molecule has 4 nitrogen and oxygen atoms in total. The molecular weight excluding hydrogens is 315 g/mol. The maximum absolute atomic E-state index is 13.1. The van der Waals surface area contributed by atoms with Gasteiger partial charge in [0.15, 0.2) is 0 Å². The molecule has 0 bridgehead atoms. The zero-order valence-corrected chi connectivity index (χ0v) is 11.4. The fourth-order valence-electron chi connectivity index (χ4n) is 1.58. The first-order valence-electron chi connectivity index (χ1n) is 5.48. The number of nitro benzene ring substituents is 1. The number of benzene rings is 2. The van der Waals surface area contributed by atoms with Gasteiger partial charge in [-0.25, -0.2) is 4.39 Å². The molecule has 0 unspecified atom stereocenters. The quantitative estimate of drug-likeness (QED) is 0.680. The van der Waals surface area contributed by atoms with Crippen molar-refractivity contribution in [1.82, 2.24) is 0 Å². The van der Waals surface area contributed by atoms with Crippen LogP contribution in [0.25, 0.3) is 0 Å². The second-order valence-corrected chi connectivity index (χ2v) is 4.76. The van der Waals surface area contributed by atoms with Gasteiger partial charge in [-0.1, -0.05) is 12.1 Å². The molecule has 0 saturated heterocycles. The minimum absolute atomic E-state index is 0.0327. The number of nitrogens with one attached hydrogen (secondary N) is 1. The molecule has 0 radical (unpaired) electrons. The summed E-state index contributed by atoms with van der Waals surface area (Å²) >= 11 is 3.11. The van der Waals surface area contributed by atoms with Crippen molar-refractivity contribution in [2.75, 3.05) is 5.32 Å². The molecule has 0 aromatic heterocycles. The summed E-state index contributed by atoms with van der Waals surface area (Å²) in [5, 5.41) is 13.7. The topological polar surface area (TPSA) is 55.2 Å². The molecule has 2 aromatic carbocycles. The van der Waals surface area contributed by atoms with Gasteiger partial charge < -0.3 is 5.32 Å². The van der Waals surface area contributed by atoms with Gasteiger partial charge in [0.25, 0.3) is 5.69 Å². The average Bonchev–Trinajstić information content (AvgIpc) is 2.40. The van der Waals surface area contributed by atoms with Crippen LogP contribution in [0.1, 0.15) is 5.56 Å². The van der Waals surface area contributed by atoms with E-state index in [2.05, 4.69) is 21.2 Å². The standard InChI is InChI=1S/C13H10BrFN2O2/c14-12-6-9(4-5-13(12)15)8-16-10-2-1-3-11(7-10)17(18)19/h1-7,16H,8H2. The number of halogens is 2. The molecule has 0 fully saturated rings. The molecule has 0 aliphatic carbocycles. The van der Waals surface area contributed by atoms with Crippen molar-refractivity contribution in [1.29, 1.82) is 0 Å². The number of hydrogen-bond acceptors (Lipinski definition) is 3. The minimum Gasteiger partial charge on any atom is -0.381 e. The predicted octanol–water partition coefficient (Wildman–Crippen LogP) is 4.11. The first-order chi connectivity index (χ1) is 9.06. The van der Waals surface area contributed by atoms with Crippen LogP contribution in [0.4, 0.5) is 15.8 Å². The number of hydrogen-bond donors (Lipinski definition) is 1. The van der Waals surface area contributed by atoms with Crippen LogP contribution in [-0.4, -0.2) is 4.92 Å². The van der Waals surface area contributed by atoms with Gasteiger partial charge in [0.1, 0.15) is 5.82 Å². The highest BCUT2D eigenvalue weighted by molar-refractivity contribution is 9.10. The van der Waals surface area contributed by atoms with Crippen molar-refractivity contribution < 1.29 is 9.31 Å². The third-order valence-corrected chi connectivity index (χ3v) is 3.15. The Morgan fingerprint density at radius 1 is 1.26 bits per heavy atom. The highest BCUT2D eigenvalue weighted by Gasteiger charge is 2.05. The van der Waals surface area contributed by atoms with Crippen LogP contribution in [-0.2, 0) is 6.54 Å². The van der Waals surface area contributed by atoms with Crippen LogP contribution in [0.3, 0.4) is 0 Å². The minimum atomic E-state index is -0.445. The maximum atomic E-state index is 13.1. The summed E-state index contributed by atoms with van der Waals surface area (Å²) in [6, 6.07) is 10.9. The molecular formula is C13H10BrFN2O2. The highest BCUT2D eigenvalue weighted by atomic mass is 79.9. The fourth-order valence-corrected chi connectivity index (χ4v) is 2.01. The van der Waals surface area contributed by atoms with Gasteiger partial charge in [0.2, 0.25) is 0 Å². The molecule has 1 N–H and O–H groups in total. The zero-order valence-electron chi connectivity index (χ0n) is 9.77. The van der Waals surface area contributed by atoms with Gasteiger partial charge in [-0.2, -0.15) is 0 Å². The second kappa shape index (κ2) is 5.79. The van der Waals surface area contributed by atoms with Gasteiger partial charge in [-0.15, -0.1) is 0 Å². The lowest BCUT2D eigenvalue weighted by molar-refractivity contribution is -0.384. The lowest BCUT2D eigenvalue weighted by atomic mass is 10.2. The molecule has 2 rings (SSSR count). The van der Waals surface area contributed by atoms with E-state index in [1.165, 1.54) is 18.2 Å². The van der Waals surface area contributed by atoms with Gasteiger partial charge >= 0.3 is 0 Å². The fraction of sp³-hybridized carbons (Fsp3) is 0.0769. The van der Waals surface area contributed by atoms with Crippen LogP contribution in [0.15, 0.2) is 46.9 Å². The summed E-state index contributed by atoms with van der Waals surface area (Å²) in [6.45, 7) is 0.458. The molecule has 0 amide bonds. The summed E-state index contributed by atoms with van der Waals surface area (Å²) in [7, 11) is 0. The van der Waals surface area contributed by atoms with Gasteiger partial charge in [-0.3, -0.25) is 10.1 Å². The Morgan fingerprint density at radius 2 is 2.05 bits per heavy atom. The van der Waals surface area contributed by atoms with Crippen molar-refractivity contribution in [3.63, 3.8) is 0 Å². The molecule has 98 valence electrons. The molecule has 19 heavy (non-hydrogen) atoms. The number of rotatable bonds is 4. The second-order valence-electron chi connectivity index (χ2n) is 3.91. The van der Waals surface area contributed by atoms with E-state index >= 15 is 0 Å². The number of nitro groups is 1. The molecule has 0 aliphatic rings. The van der Waals surface area contributed by atoms with Crippen LogP contribution >= 0.6 is 15.9 Å². The van der Waals surface area contributed by atoms with E-state index in [9.17, 15) is 14.5 Å². The van der Waals surface area contributed by atoms with E-state index in [4.69, 9.17) is 0 Å². The third kappa shape index (κ3) is 3.51. The summed E-state index contributed by atoms with van der Waals surface area (Å²) in [5.41, 5.74) is 1.56. The molecule has 0 aliphatic heterocycles. The predicted molar refractivity (Wildman–Crippen MR) is 74.5 cm³/mol. The Morgan fingerprint density at radius 3 is 2.74 bits per heavy atom. The van der Waals surface area contributed by atoms with E-state index in [-0.39, 0.29) is 11.5 Å². The van der Waals surface area contributed by atoms with E-state index in [1.807, 2.05) is 0 Å². The van der Waals surface area contributed by atoms with E-state index in [0.29, 0.717) is 16.7 Å². The summed E-state index contributed by atoms with van der Waals surface area (Å²) in [6.07, 6.45) is 0. The maximum Gasteiger partial charge on any atom is 0.271 e. The Balaban J connectivity index is 2.07. The van der Waals surface area contributed by atoms with Gasteiger partial charge in [-0.05, 0) is 39.7 Å². The number of non-ortho nitro benzene ring substituents is 1. The third-order valence-electron chi connectivity index (χ3n) is 2.54. The normalized spacial score (nSPS) is 10.2. The summed E-state index contributed by atoms with van der Waals surface area (Å²) < 4.78 is 13.5. The van der Waals surface area contributed by atoms with Crippen molar-refractivity contribution >= 4 is 27.3 Å². The van der Waals surface area contributed by atoms with Crippen LogP contribution in [0.2, 0.25) is 0 Å². The Labute approximate surface area is 117 Å². The Kier molecular flexibility index (Phi) is 4.11. The Bertz CT molecular complexity index is 619. The van der Waals surface area contributed by atoms with Crippen molar-refractivity contribution in [2.24, 2.45) is 0 Å². The molecule has 0 atom stereocenters. The van der Waals surface area contributed by atoms with Crippen LogP contribution < -0.4 is 5.32 Å². The lowest BCUT2D eigenvalue weighted by Gasteiger charge is -2.07. The SMILES string of the molecule is O=[N+]([O-])c1cccc(NCc2ccc(F)c(Br)c2)c1. The lowest BCUT2D eigenvalue weighted by Crippen LogP contribution is -2.00. The largest absolute Gasteiger partial charge is 0.381 e. The highest BCUT2D eigenvalue weighted by Crippen LogP contribution is 2.20. The summed E-state index contributed by atoms with van der Waals surface area (Å²) in [5.74, 6) is -0.320. The molecule has 2 aromatic rings. The number of nitrogens with zero attached hydrogens (tertiary/aromatic N) is 1. The first-order valence-corrected chi connectivity index (χ1v) is 6.28. The van der Waals surface area contributed by atoms with Gasteiger partial charge in [0, 0.05) is 24.4 Å². The monoisotopic (exact) mass is 324 g/mol. The molecule has 0 spiro atoms. The van der Waals surface area contributed by atoms with Crippen molar-refractivity contribution in [3.8, 4) is 0 Å². The van der Waals surface area contributed by atoms with E-state index in [0.717, 1.165) is 5.56 Å². The van der Waals surface area contributed by atoms with Crippen molar-refractivity contribution in [2.45, 2.75) is 6.54 Å². The van der Waals surface area contributed by atoms with Crippen LogP contribution in [0, 0.1) is 15.9 Å². The molecule has 0 saturated carbocycles. The first kappa shape index (κ1) is 13.5.